The molecule has 0 radical (unpaired) electrons. The van der Waals surface area contributed by atoms with Gasteiger partial charge in [0.25, 0.3) is 5.69 Å². The number of hydrogen-bond acceptors (Lipinski definition) is 4. The van der Waals surface area contributed by atoms with Crippen molar-refractivity contribution in [2.75, 3.05) is 0 Å². The topological polar surface area (TPSA) is 56.3 Å². The third-order valence-electron chi connectivity index (χ3n) is 3.00. The fraction of sp³-hybridized carbons (Fsp3) is 0. The van der Waals surface area contributed by atoms with Crippen LogP contribution in [0.3, 0.4) is 0 Å². The highest BCUT2D eigenvalue weighted by atomic mass is 32.1. The van der Waals surface area contributed by atoms with Crippen LogP contribution in [0, 0.1) is 14.6 Å². The summed E-state index contributed by atoms with van der Waals surface area (Å²) >= 11 is 5.34. The monoisotopic (exact) mass is 283 g/mol. The molecule has 3 rings (SSSR count). The van der Waals surface area contributed by atoms with Crippen LogP contribution in [0.5, 0.6) is 0 Å². The van der Waals surface area contributed by atoms with Crippen molar-refractivity contribution >= 4 is 28.9 Å². The van der Waals surface area contributed by atoms with Gasteiger partial charge in [0, 0.05) is 29.1 Å². The zero-order chi connectivity index (χ0) is 14.1. The summed E-state index contributed by atoms with van der Waals surface area (Å²) in [5.41, 5.74) is 1.51. The van der Waals surface area contributed by atoms with Gasteiger partial charge in [-0.1, -0.05) is 24.4 Å². The van der Waals surface area contributed by atoms with Gasteiger partial charge < -0.3 is 4.42 Å². The Bertz CT molecular complexity index is 853. The normalized spacial score (nSPS) is 10.6. The molecule has 0 N–H and O–H groups in total. The summed E-state index contributed by atoms with van der Waals surface area (Å²) in [6, 6.07) is 15.5. The molecule has 5 heteroatoms. The van der Waals surface area contributed by atoms with Crippen LogP contribution >= 0.6 is 12.2 Å². The molecule has 98 valence electrons. The molecule has 1 aromatic heterocycles. The lowest BCUT2D eigenvalue weighted by molar-refractivity contribution is -0.384. The van der Waals surface area contributed by atoms with Crippen molar-refractivity contribution in [3.8, 4) is 11.3 Å². The van der Waals surface area contributed by atoms with Crippen LogP contribution in [-0.4, -0.2) is 4.92 Å². The molecule has 3 aromatic rings. The highest BCUT2D eigenvalue weighted by Gasteiger charge is 2.08. The lowest BCUT2D eigenvalue weighted by atomic mass is 10.1. The highest BCUT2D eigenvalue weighted by molar-refractivity contribution is 7.71. The van der Waals surface area contributed by atoms with Crippen molar-refractivity contribution in [1.82, 2.24) is 0 Å². The maximum atomic E-state index is 10.6. The second-order valence-corrected chi connectivity index (χ2v) is 4.71. The molecule has 0 bridgehead atoms. The summed E-state index contributed by atoms with van der Waals surface area (Å²) in [7, 11) is 0. The molecule has 20 heavy (non-hydrogen) atoms. The molecule has 0 spiro atoms. The van der Waals surface area contributed by atoms with Gasteiger partial charge in [-0.3, -0.25) is 10.1 Å². The molecular weight excluding hydrogens is 274 g/mol. The van der Waals surface area contributed by atoms with Crippen molar-refractivity contribution in [1.29, 1.82) is 0 Å². The molecule has 0 aliphatic heterocycles. The molecule has 0 aliphatic carbocycles. The number of fused-ring (bicyclic) bond motifs is 1. The first-order valence-corrected chi connectivity index (χ1v) is 6.34. The Balaban J connectivity index is 2.14. The van der Waals surface area contributed by atoms with E-state index in [4.69, 9.17) is 16.6 Å². The van der Waals surface area contributed by atoms with Crippen LogP contribution in [0.15, 0.2) is 59.0 Å². The smallest absolute Gasteiger partial charge is 0.269 e. The maximum absolute atomic E-state index is 10.6. The van der Waals surface area contributed by atoms with E-state index in [1.807, 2.05) is 24.3 Å². The van der Waals surface area contributed by atoms with Crippen LogP contribution < -0.4 is 0 Å². The third kappa shape index (κ3) is 2.19. The molecule has 0 aliphatic rings. The SMILES string of the molecule is O=[N+]([O-])c1ccc(-c2cc(=S)c3ccccc3o2)cc1. The van der Waals surface area contributed by atoms with E-state index >= 15 is 0 Å². The number of para-hydroxylation sites is 1. The fourth-order valence-electron chi connectivity index (χ4n) is 1.99. The number of nitro groups is 1. The van der Waals surface area contributed by atoms with E-state index in [0.717, 1.165) is 10.9 Å². The van der Waals surface area contributed by atoms with Gasteiger partial charge in [0.2, 0.25) is 0 Å². The van der Waals surface area contributed by atoms with Gasteiger partial charge >= 0.3 is 0 Å². The van der Waals surface area contributed by atoms with Crippen molar-refractivity contribution in [3.05, 3.63) is 69.2 Å². The van der Waals surface area contributed by atoms with Gasteiger partial charge in [-0.2, -0.15) is 0 Å². The van der Waals surface area contributed by atoms with Gasteiger partial charge in [0.1, 0.15) is 11.3 Å². The number of benzene rings is 2. The van der Waals surface area contributed by atoms with E-state index in [-0.39, 0.29) is 5.69 Å². The quantitative estimate of drug-likeness (QED) is 0.387. The Morgan fingerprint density at radius 2 is 1.75 bits per heavy atom. The zero-order valence-corrected chi connectivity index (χ0v) is 11.1. The molecule has 1 heterocycles. The van der Waals surface area contributed by atoms with Gasteiger partial charge in [0.15, 0.2) is 0 Å². The molecule has 0 atom stereocenters. The summed E-state index contributed by atoms with van der Waals surface area (Å²) in [6.07, 6.45) is 0. The van der Waals surface area contributed by atoms with Gasteiger partial charge in [0.05, 0.1) is 9.43 Å². The number of nitrogens with zero attached hydrogens (tertiary/aromatic N) is 1. The van der Waals surface area contributed by atoms with Crippen LogP contribution in [0.1, 0.15) is 0 Å². The predicted octanol–water partition coefficient (Wildman–Crippen LogP) is 4.74. The Morgan fingerprint density at radius 3 is 2.45 bits per heavy atom. The molecule has 0 fully saturated rings. The number of hydrogen-bond donors (Lipinski definition) is 0. The summed E-state index contributed by atoms with van der Waals surface area (Å²) in [4.78, 5) is 10.2. The van der Waals surface area contributed by atoms with Crippen LogP contribution in [0.4, 0.5) is 5.69 Å². The van der Waals surface area contributed by atoms with Crippen molar-refractivity contribution < 1.29 is 9.34 Å². The average Bonchev–Trinajstić information content (AvgIpc) is 2.47. The molecule has 0 unspecified atom stereocenters. The summed E-state index contributed by atoms with van der Waals surface area (Å²) < 4.78 is 6.49. The number of nitro benzene ring substituents is 1. The van der Waals surface area contributed by atoms with Crippen molar-refractivity contribution in [3.63, 3.8) is 0 Å². The minimum absolute atomic E-state index is 0.0492. The lowest BCUT2D eigenvalue weighted by Crippen LogP contribution is -1.87. The van der Waals surface area contributed by atoms with E-state index in [1.165, 1.54) is 12.1 Å². The second kappa shape index (κ2) is 4.86. The number of non-ortho nitro benzene ring substituents is 1. The van der Waals surface area contributed by atoms with Gasteiger partial charge in [-0.25, -0.2) is 0 Å². The standard InChI is InChI=1S/C15H9NO3S/c17-16(18)11-7-5-10(6-8-11)14-9-15(20)12-3-1-2-4-13(12)19-14/h1-9H. The molecule has 0 amide bonds. The largest absolute Gasteiger partial charge is 0.456 e. The third-order valence-corrected chi connectivity index (χ3v) is 3.34. The van der Waals surface area contributed by atoms with Crippen LogP contribution in [-0.2, 0) is 0 Å². The Labute approximate surface area is 119 Å². The first kappa shape index (κ1) is 12.5. The summed E-state index contributed by atoms with van der Waals surface area (Å²) in [5.74, 6) is 0.601. The first-order valence-electron chi connectivity index (χ1n) is 5.93. The highest BCUT2D eigenvalue weighted by Crippen LogP contribution is 2.27. The molecule has 4 nitrogen and oxygen atoms in total. The summed E-state index contributed by atoms with van der Waals surface area (Å²) in [5, 5.41) is 11.5. The van der Waals surface area contributed by atoms with E-state index in [2.05, 4.69) is 0 Å². The number of rotatable bonds is 2. The second-order valence-electron chi connectivity index (χ2n) is 4.28. The lowest BCUT2D eigenvalue weighted by Gasteiger charge is -2.03. The predicted molar refractivity (Wildman–Crippen MR) is 79.1 cm³/mol. The molecule has 0 saturated carbocycles. The Kier molecular flexibility index (Phi) is 3.04. The minimum Gasteiger partial charge on any atom is -0.456 e. The molecule has 2 aromatic carbocycles. The summed E-state index contributed by atoms with van der Waals surface area (Å²) in [6.45, 7) is 0. The average molecular weight is 283 g/mol. The van der Waals surface area contributed by atoms with Crippen molar-refractivity contribution in [2.45, 2.75) is 0 Å². The van der Waals surface area contributed by atoms with E-state index in [0.29, 0.717) is 15.9 Å². The molecular formula is C15H9NO3S. The van der Waals surface area contributed by atoms with Gasteiger partial charge in [-0.15, -0.1) is 0 Å². The Hall–Kier alpha value is -2.53. The fourth-order valence-corrected chi connectivity index (χ4v) is 2.27. The minimum atomic E-state index is -0.431. The molecule has 0 saturated heterocycles. The van der Waals surface area contributed by atoms with Gasteiger partial charge in [-0.05, 0) is 24.3 Å². The van der Waals surface area contributed by atoms with Crippen LogP contribution in [0.2, 0.25) is 0 Å². The zero-order valence-electron chi connectivity index (χ0n) is 10.3. The van der Waals surface area contributed by atoms with E-state index < -0.39 is 4.92 Å². The first-order chi connectivity index (χ1) is 9.65. The van der Waals surface area contributed by atoms with E-state index in [9.17, 15) is 10.1 Å². The maximum Gasteiger partial charge on any atom is 0.269 e. The van der Waals surface area contributed by atoms with E-state index in [1.54, 1.807) is 18.2 Å². The van der Waals surface area contributed by atoms with Crippen molar-refractivity contribution in [2.24, 2.45) is 0 Å². The van der Waals surface area contributed by atoms with Crippen LogP contribution in [0.25, 0.3) is 22.3 Å². The Morgan fingerprint density at radius 1 is 1.05 bits per heavy atom.